The van der Waals surface area contributed by atoms with Crippen molar-refractivity contribution in [2.45, 2.75) is 25.7 Å². The maximum Gasteiger partial charge on any atom is 0.242 e. The van der Waals surface area contributed by atoms with Gasteiger partial charge in [-0.1, -0.05) is 17.7 Å². The van der Waals surface area contributed by atoms with Crippen LogP contribution in [0, 0.1) is 6.92 Å². The van der Waals surface area contributed by atoms with E-state index in [0.717, 1.165) is 22.4 Å². The Bertz CT molecular complexity index is 810. The molecule has 1 unspecified atom stereocenters. The predicted molar refractivity (Wildman–Crippen MR) is 81.8 cm³/mol. The Balaban J connectivity index is 2.06. The molecule has 1 aromatic carbocycles. The normalized spacial score (nSPS) is 22.7. The molecule has 0 fully saturated rings. The quantitative estimate of drug-likeness (QED) is 0.841. The van der Waals surface area contributed by atoms with Crippen LogP contribution in [0.5, 0.6) is 0 Å². The molecule has 112 valence electrons. The van der Waals surface area contributed by atoms with Crippen LogP contribution in [0.25, 0.3) is 0 Å². The number of rotatable bonds is 1. The first-order valence-electron chi connectivity index (χ1n) is 7.34. The van der Waals surface area contributed by atoms with Crippen LogP contribution < -0.4 is 10.2 Å². The summed E-state index contributed by atoms with van der Waals surface area (Å²) in [7, 11) is 0. The molecule has 0 radical (unpaired) electrons. The Morgan fingerprint density at radius 1 is 1.32 bits per heavy atom. The van der Waals surface area contributed by atoms with Gasteiger partial charge in [0.15, 0.2) is 0 Å². The Labute approximate surface area is 127 Å². The lowest BCUT2D eigenvalue weighted by Gasteiger charge is -2.31. The van der Waals surface area contributed by atoms with Gasteiger partial charge in [-0.15, -0.1) is 0 Å². The fourth-order valence-electron chi connectivity index (χ4n) is 3.65. The molecule has 1 atom stereocenters. The van der Waals surface area contributed by atoms with Gasteiger partial charge in [-0.3, -0.25) is 14.7 Å². The number of aromatic nitrogens is 2. The SMILES string of the molecule is CCN1C(=O)C2(CC(=O)Nc3[nH]ncc32)c2cc(C)ccc21. The van der Waals surface area contributed by atoms with Gasteiger partial charge in [0.05, 0.1) is 6.20 Å². The third-order valence-electron chi connectivity index (χ3n) is 4.62. The number of nitrogens with one attached hydrogen (secondary N) is 2. The molecule has 2 aliphatic rings. The highest BCUT2D eigenvalue weighted by Gasteiger charge is 2.56. The van der Waals surface area contributed by atoms with E-state index in [1.807, 2.05) is 32.0 Å². The molecule has 0 bridgehead atoms. The number of benzene rings is 1. The summed E-state index contributed by atoms with van der Waals surface area (Å²) in [5.41, 5.74) is 2.65. The van der Waals surface area contributed by atoms with Crippen molar-refractivity contribution in [1.82, 2.24) is 10.2 Å². The average molecular weight is 296 g/mol. The minimum atomic E-state index is -0.956. The Hall–Kier alpha value is -2.63. The maximum atomic E-state index is 13.2. The zero-order valence-corrected chi connectivity index (χ0v) is 12.4. The number of carbonyl (C=O) groups is 2. The molecule has 6 heteroatoms. The van der Waals surface area contributed by atoms with Crippen molar-refractivity contribution in [1.29, 1.82) is 0 Å². The minimum absolute atomic E-state index is 0.0481. The van der Waals surface area contributed by atoms with Gasteiger partial charge in [-0.25, -0.2) is 0 Å². The fraction of sp³-hybridized carbons (Fsp3) is 0.312. The molecule has 0 saturated carbocycles. The summed E-state index contributed by atoms with van der Waals surface area (Å²) < 4.78 is 0. The summed E-state index contributed by atoms with van der Waals surface area (Å²) in [4.78, 5) is 27.1. The van der Waals surface area contributed by atoms with Crippen LogP contribution in [0.3, 0.4) is 0 Å². The second kappa shape index (κ2) is 4.19. The number of carbonyl (C=O) groups excluding carboxylic acids is 2. The standard InChI is InChI=1S/C16H16N4O2/c1-3-20-12-5-4-9(2)6-10(12)16(15(20)22)7-13(21)18-14-11(16)8-17-19-14/h4-6,8H,3,7H2,1-2H3,(H2,17,18,19,21). The van der Waals surface area contributed by atoms with E-state index in [1.54, 1.807) is 11.1 Å². The van der Waals surface area contributed by atoms with E-state index >= 15 is 0 Å². The van der Waals surface area contributed by atoms with Gasteiger partial charge >= 0.3 is 0 Å². The Kier molecular flexibility index (Phi) is 2.49. The number of fused-ring (bicyclic) bond motifs is 4. The first-order chi connectivity index (χ1) is 10.6. The first kappa shape index (κ1) is 13.1. The van der Waals surface area contributed by atoms with E-state index in [-0.39, 0.29) is 18.2 Å². The summed E-state index contributed by atoms with van der Waals surface area (Å²) in [6, 6.07) is 5.97. The van der Waals surface area contributed by atoms with E-state index in [4.69, 9.17) is 0 Å². The van der Waals surface area contributed by atoms with Crippen LogP contribution in [0.15, 0.2) is 24.4 Å². The maximum absolute atomic E-state index is 13.2. The zero-order chi connectivity index (χ0) is 15.5. The molecule has 1 aromatic heterocycles. The average Bonchev–Trinajstić information content (AvgIpc) is 3.03. The molecule has 3 heterocycles. The number of H-pyrrole nitrogens is 1. The lowest BCUT2D eigenvalue weighted by atomic mass is 9.71. The topological polar surface area (TPSA) is 78.1 Å². The first-order valence-corrected chi connectivity index (χ1v) is 7.34. The molecule has 1 spiro atoms. The second-order valence-electron chi connectivity index (χ2n) is 5.86. The van der Waals surface area contributed by atoms with E-state index in [0.29, 0.717) is 12.4 Å². The molecular weight excluding hydrogens is 280 g/mol. The summed E-state index contributed by atoms with van der Waals surface area (Å²) >= 11 is 0. The molecular formula is C16H16N4O2. The number of aromatic amines is 1. The third kappa shape index (κ3) is 1.41. The van der Waals surface area contributed by atoms with Gasteiger partial charge in [-0.2, -0.15) is 5.10 Å². The van der Waals surface area contributed by atoms with Gasteiger partial charge in [0.25, 0.3) is 0 Å². The van der Waals surface area contributed by atoms with Crippen molar-refractivity contribution < 1.29 is 9.59 Å². The summed E-state index contributed by atoms with van der Waals surface area (Å²) in [5, 5.41) is 9.57. The van der Waals surface area contributed by atoms with Gasteiger partial charge in [0, 0.05) is 24.2 Å². The van der Waals surface area contributed by atoms with E-state index in [9.17, 15) is 9.59 Å². The van der Waals surface area contributed by atoms with Gasteiger partial charge in [0.2, 0.25) is 11.8 Å². The number of anilines is 2. The molecule has 0 aliphatic carbocycles. The Morgan fingerprint density at radius 3 is 2.91 bits per heavy atom. The molecule has 22 heavy (non-hydrogen) atoms. The molecule has 2 aromatic rings. The zero-order valence-electron chi connectivity index (χ0n) is 12.4. The van der Waals surface area contributed by atoms with E-state index in [1.165, 1.54) is 0 Å². The lowest BCUT2D eigenvalue weighted by Crippen LogP contribution is -2.46. The smallest absolute Gasteiger partial charge is 0.242 e. The largest absolute Gasteiger partial charge is 0.311 e. The summed E-state index contributed by atoms with van der Waals surface area (Å²) in [5.74, 6) is 0.304. The summed E-state index contributed by atoms with van der Waals surface area (Å²) in [6.07, 6.45) is 1.77. The van der Waals surface area contributed by atoms with Crippen LogP contribution in [0.1, 0.15) is 30.0 Å². The molecule has 0 saturated heterocycles. The number of nitrogens with zero attached hydrogens (tertiary/aromatic N) is 2. The van der Waals surface area contributed by atoms with Gasteiger partial charge in [-0.05, 0) is 25.5 Å². The van der Waals surface area contributed by atoms with Crippen molar-refractivity contribution in [2.24, 2.45) is 0 Å². The molecule has 2 N–H and O–H groups in total. The van der Waals surface area contributed by atoms with Crippen molar-refractivity contribution >= 4 is 23.3 Å². The van der Waals surface area contributed by atoms with Crippen molar-refractivity contribution in [3.05, 3.63) is 41.1 Å². The highest BCUT2D eigenvalue weighted by molar-refractivity contribution is 6.15. The molecule has 6 nitrogen and oxygen atoms in total. The third-order valence-corrected chi connectivity index (χ3v) is 4.62. The second-order valence-corrected chi connectivity index (χ2v) is 5.86. The number of hydrogen-bond donors (Lipinski definition) is 2. The monoisotopic (exact) mass is 296 g/mol. The highest BCUT2D eigenvalue weighted by Crippen LogP contribution is 2.51. The van der Waals surface area contributed by atoms with Crippen molar-refractivity contribution in [3.63, 3.8) is 0 Å². The van der Waals surface area contributed by atoms with Crippen LogP contribution in [0.4, 0.5) is 11.5 Å². The fourth-order valence-corrected chi connectivity index (χ4v) is 3.65. The molecule has 4 rings (SSSR count). The van der Waals surface area contributed by atoms with Crippen LogP contribution >= 0.6 is 0 Å². The van der Waals surface area contributed by atoms with Gasteiger partial charge < -0.3 is 10.2 Å². The number of aryl methyl sites for hydroxylation is 1. The number of amides is 2. The minimum Gasteiger partial charge on any atom is -0.311 e. The van der Waals surface area contributed by atoms with E-state index in [2.05, 4.69) is 15.5 Å². The van der Waals surface area contributed by atoms with Crippen LogP contribution in [-0.4, -0.2) is 28.6 Å². The van der Waals surface area contributed by atoms with Crippen LogP contribution in [-0.2, 0) is 15.0 Å². The molecule has 2 amide bonds. The van der Waals surface area contributed by atoms with E-state index < -0.39 is 5.41 Å². The van der Waals surface area contributed by atoms with Crippen molar-refractivity contribution in [3.8, 4) is 0 Å². The Morgan fingerprint density at radius 2 is 2.14 bits per heavy atom. The lowest BCUT2D eigenvalue weighted by molar-refractivity contribution is -0.126. The highest BCUT2D eigenvalue weighted by atomic mass is 16.2. The van der Waals surface area contributed by atoms with Crippen LogP contribution in [0.2, 0.25) is 0 Å². The number of hydrogen-bond acceptors (Lipinski definition) is 3. The number of likely N-dealkylation sites (N-methyl/N-ethyl adjacent to an activating group) is 1. The molecule has 2 aliphatic heterocycles. The summed E-state index contributed by atoms with van der Waals surface area (Å²) in [6.45, 7) is 4.51. The van der Waals surface area contributed by atoms with Gasteiger partial charge in [0.1, 0.15) is 11.2 Å². The predicted octanol–water partition coefficient (Wildman–Crippen LogP) is 1.71. The van der Waals surface area contributed by atoms with Crippen molar-refractivity contribution in [2.75, 3.05) is 16.8 Å².